The molecule has 0 saturated carbocycles. The van der Waals surface area contributed by atoms with E-state index in [-0.39, 0.29) is 40.4 Å². The van der Waals surface area contributed by atoms with E-state index in [1.54, 1.807) is 6.07 Å². The maximum absolute atomic E-state index is 12.9. The van der Waals surface area contributed by atoms with Crippen LogP contribution in [-0.4, -0.2) is 56.5 Å². The number of nitrogens with one attached hydrogen (secondary N) is 2. The molecule has 0 radical (unpaired) electrons. The van der Waals surface area contributed by atoms with E-state index in [0.717, 1.165) is 53.2 Å². The molecule has 12 nitrogen and oxygen atoms in total. The average molecular weight is 666 g/mol. The minimum Gasteiger partial charge on any atom is -0.402 e. The van der Waals surface area contributed by atoms with Crippen molar-refractivity contribution in [3.05, 3.63) is 131 Å². The van der Waals surface area contributed by atoms with Crippen LogP contribution in [0.4, 0.5) is 5.82 Å². The minimum atomic E-state index is -0.531. The standard InChI is InChI=1S/C22H22N4O3.C16H9N3O2/c27-21(18-7-3-5-16-4-1-2-6-17(16)18)26-20-19(23-10-11-24-20)22(28)25-14-15-8-12-29-13-9-15;20-16-13-14(18-9-8-17-13)19-15(21-16)12-7-3-5-10-4-1-2-6-11(10)12/h1-7,10-11,15H,8-9,12-14H2,(H,25,28)(H,24,26,27);1-9H. The number of benzene rings is 4. The number of hydrogen-bond donors (Lipinski definition) is 2. The van der Waals surface area contributed by atoms with E-state index in [4.69, 9.17) is 9.15 Å². The first-order chi connectivity index (χ1) is 24.5. The number of ether oxygens (including phenoxy) is 1. The van der Waals surface area contributed by atoms with Gasteiger partial charge in [0.25, 0.3) is 11.8 Å². The van der Waals surface area contributed by atoms with E-state index in [2.05, 4.69) is 35.6 Å². The lowest BCUT2D eigenvalue weighted by atomic mass is 10.0. The van der Waals surface area contributed by atoms with Gasteiger partial charge in [0, 0.05) is 55.7 Å². The Morgan fingerprint density at radius 1 is 0.720 bits per heavy atom. The average Bonchev–Trinajstić information content (AvgIpc) is 3.17. The monoisotopic (exact) mass is 665 g/mol. The molecule has 0 aliphatic carbocycles. The minimum absolute atomic E-state index is 0.105. The lowest BCUT2D eigenvalue weighted by Crippen LogP contribution is -2.33. The van der Waals surface area contributed by atoms with Gasteiger partial charge < -0.3 is 19.8 Å². The number of nitrogens with zero attached hydrogens (tertiary/aromatic N) is 5. The van der Waals surface area contributed by atoms with Crippen LogP contribution in [0.15, 0.2) is 119 Å². The maximum atomic E-state index is 12.9. The molecule has 4 heterocycles. The Bertz CT molecular complexity index is 2380. The summed E-state index contributed by atoms with van der Waals surface area (Å²) >= 11 is 0. The summed E-state index contributed by atoms with van der Waals surface area (Å²) in [7, 11) is 0. The Morgan fingerprint density at radius 3 is 2.20 bits per heavy atom. The molecule has 4 aromatic carbocycles. The molecule has 1 saturated heterocycles. The molecule has 8 rings (SSSR count). The Balaban J connectivity index is 0.000000165. The number of hydrogen-bond acceptors (Lipinski definition) is 10. The van der Waals surface area contributed by atoms with Crippen LogP contribution in [0.3, 0.4) is 0 Å². The highest BCUT2D eigenvalue weighted by atomic mass is 16.5. The SMILES string of the molecule is O=C(NCC1CCOCC1)c1nccnc1NC(=O)c1cccc2ccccc12.O=c1oc(-c2cccc3ccccc23)nc2nccnc12. The van der Waals surface area contributed by atoms with Crippen LogP contribution in [0.1, 0.15) is 33.7 Å². The van der Waals surface area contributed by atoms with E-state index >= 15 is 0 Å². The van der Waals surface area contributed by atoms with Gasteiger partial charge in [-0.2, -0.15) is 4.98 Å². The van der Waals surface area contributed by atoms with Gasteiger partial charge in [0.1, 0.15) is 0 Å². The molecule has 2 N–H and O–H groups in total. The summed E-state index contributed by atoms with van der Waals surface area (Å²) in [6.45, 7) is 1.99. The largest absolute Gasteiger partial charge is 0.402 e. The van der Waals surface area contributed by atoms with Crippen molar-refractivity contribution in [2.45, 2.75) is 12.8 Å². The Labute approximate surface area is 285 Å². The van der Waals surface area contributed by atoms with Gasteiger partial charge in [-0.15, -0.1) is 0 Å². The Hall–Kier alpha value is -6.40. The van der Waals surface area contributed by atoms with Crippen LogP contribution in [0.25, 0.3) is 44.2 Å². The number of rotatable bonds is 6. The molecular weight excluding hydrogens is 634 g/mol. The highest BCUT2D eigenvalue weighted by Gasteiger charge is 2.20. The molecule has 1 aliphatic rings. The molecule has 0 bridgehead atoms. The van der Waals surface area contributed by atoms with Crippen LogP contribution in [0.2, 0.25) is 0 Å². The molecule has 0 spiro atoms. The van der Waals surface area contributed by atoms with Crippen molar-refractivity contribution in [2.24, 2.45) is 5.92 Å². The number of aromatic nitrogens is 5. The van der Waals surface area contributed by atoms with Crippen LogP contribution in [0, 0.1) is 5.92 Å². The van der Waals surface area contributed by atoms with E-state index in [0.29, 0.717) is 18.0 Å². The van der Waals surface area contributed by atoms with Crippen molar-refractivity contribution in [3.63, 3.8) is 0 Å². The van der Waals surface area contributed by atoms with E-state index in [1.165, 1.54) is 24.8 Å². The normalized spacial score (nSPS) is 13.0. The van der Waals surface area contributed by atoms with Crippen LogP contribution >= 0.6 is 0 Å². The Morgan fingerprint density at radius 2 is 1.38 bits per heavy atom. The summed E-state index contributed by atoms with van der Waals surface area (Å²) in [5, 5.41) is 9.47. The quantitative estimate of drug-likeness (QED) is 0.221. The Kier molecular flexibility index (Phi) is 9.51. The summed E-state index contributed by atoms with van der Waals surface area (Å²) in [6.07, 6.45) is 7.68. The molecule has 2 amide bonds. The fourth-order valence-corrected chi connectivity index (χ4v) is 5.80. The van der Waals surface area contributed by atoms with Crippen molar-refractivity contribution >= 4 is 50.3 Å². The van der Waals surface area contributed by atoms with Crippen LogP contribution in [-0.2, 0) is 4.74 Å². The molecule has 7 aromatic rings. The van der Waals surface area contributed by atoms with E-state index < -0.39 is 5.63 Å². The first-order valence-electron chi connectivity index (χ1n) is 16.1. The van der Waals surface area contributed by atoms with Gasteiger partial charge in [-0.05, 0) is 52.4 Å². The van der Waals surface area contributed by atoms with E-state index in [9.17, 15) is 14.4 Å². The number of carbonyl (C=O) groups is 2. The zero-order valence-corrected chi connectivity index (χ0v) is 26.8. The molecule has 248 valence electrons. The van der Waals surface area contributed by atoms with Gasteiger partial charge in [-0.3, -0.25) is 9.59 Å². The third-order valence-corrected chi connectivity index (χ3v) is 8.36. The van der Waals surface area contributed by atoms with Gasteiger partial charge in [0.15, 0.2) is 22.7 Å². The lowest BCUT2D eigenvalue weighted by molar-refractivity contribution is 0.0642. The highest BCUT2D eigenvalue weighted by Crippen LogP contribution is 2.27. The lowest BCUT2D eigenvalue weighted by Gasteiger charge is -2.22. The van der Waals surface area contributed by atoms with Crippen LogP contribution < -0.4 is 16.3 Å². The fourth-order valence-electron chi connectivity index (χ4n) is 5.80. The van der Waals surface area contributed by atoms with Gasteiger partial charge in [-0.1, -0.05) is 72.8 Å². The zero-order valence-electron chi connectivity index (χ0n) is 26.8. The summed E-state index contributed by atoms with van der Waals surface area (Å²) in [5.74, 6) is 0.108. The number of fused-ring (bicyclic) bond motifs is 3. The van der Waals surface area contributed by atoms with E-state index in [1.807, 2.05) is 78.9 Å². The number of amides is 2. The molecule has 50 heavy (non-hydrogen) atoms. The molecule has 3 aromatic heterocycles. The molecule has 0 atom stereocenters. The summed E-state index contributed by atoms with van der Waals surface area (Å²) in [5.41, 5.74) is 1.28. The smallest absolute Gasteiger partial charge is 0.367 e. The first-order valence-corrected chi connectivity index (χ1v) is 16.1. The van der Waals surface area contributed by atoms with Crippen molar-refractivity contribution in [3.8, 4) is 11.5 Å². The van der Waals surface area contributed by atoms with Crippen molar-refractivity contribution < 1.29 is 18.7 Å². The molecule has 0 unspecified atom stereocenters. The van der Waals surface area contributed by atoms with Gasteiger partial charge in [0.05, 0.1) is 0 Å². The molecule has 12 heteroatoms. The predicted octanol–water partition coefficient (Wildman–Crippen LogP) is 5.84. The molecule has 1 aliphatic heterocycles. The second-order valence-corrected chi connectivity index (χ2v) is 11.6. The topological polar surface area (TPSA) is 162 Å². The second-order valence-electron chi connectivity index (χ2n) is 11.6. The van der Waals surface area contributed by atoms with Gasteiger partial charge in [-0.25, -0.2) is 24.7 Å². The fraction of sp³-hybridized carbons (Fsp3) is 0.158. The third-order valence-electron chi connectivity index (χ3n) is 8.36. The summed E-state index contributed by atoms with van der Waals surface area (Å²) in [4.78, 5) is 58.2. The first kappa shape index (κ1) is 32.2. The van der Waals surface area contributed by atoms with Crippen molar-refractivity contribution in [1.82, 2.24) is 30.2 Å². The maximum Gasteiger partial charge on any atom is 0.367 e. The zero-order chi connectivity index (χ0) is 34.3. The van der Waals surface area contributed by atoms with Crippen LogP contribution in [0.5, 0.6) is 0 Å². The summed E-state index contributed by atoms with van der Waals surface area (Å²) < 4.78 is 10.7. The van der Waals surface area contributed by atoms with Crippen molar-refractivity contribution in [1.29, 1.82) is 0 Å². The van der Waals surface area contributed by atoms with Gasteiger partial charge >= 0.3 is 5.63 Å². The van der Waals surface area contributed by atoms with Crippen molar-refractivity contribution in [2.75, 3.05) is 25.1 Å². The highest BCUT2D eigenvalue weighted by molar-refractivity contribution is 6.14. The number of carbonyl (C=O) groups excluding carboxylic acids is 2. The molecule has 1 fully saturated rings. The molecular formula is C38H31N7O5. The second kappa shape index (κ2) is 14.8. The third kappa shape index (κ3) is 7.05. The number of anilines is 1. The predicted molar refractivity (Wildman–Crippen MR) is 189 cm³/mol. The summed E-state index contributed by atoms with van der Waals surface area (Å²) in [6, 6.07) is 26.8. The van der Waals surface area contributed by atoms with Gasteiger partial charge in [0.2, 0.25) is 5.89 Å².